The fourth-order valence-corrected chi connectivity index (χ4v) is 7.62. The molecule has 11 nitrogen and oxygen atoms in total. The van der Waals surface area contributed by atoms with Gasteiger partial charge in [-0.1, -0.05) is 12.8 Å². The van der Waals surface area contributed by atoms with Crippen molar-refractivity contribution in [1.82, 2.24) is 19.6 Å². The summed E-state index contributed by atoms with van der Waals surface area (Å²) in [6.45, 7) is -0.400. The largest absolute Gasteiger partial charge is 0.390 e. The molecule has 5 fully saturated rings. The zero-order valence-electron chi connectivity index (χ0n) is 22.5. The summed E-state index contributed by atoms with van der Waals surface area (Å²) in [4.78, 5) is 69.6. The molecule has 2 spiro atoms. The summed E-state index contributed by atoms with van der Waals surface area (Å²) >= 11 is 0. The van der Waals surface area contributed by atoms with Crippen LogP contribution in [0.1, 0.15) is 70.6 Å². The lowest BCUT2D eigenvalue weighted by molar-refractivity contribution is -0.158. The SMILES string of the molecule is CN1C(=O)N(CCC(F)(F)F)C2(CC3(CCC(N4C(=O)C(=C(N)N)C(=O)N(CC5CCCC5)C4=O)CC3)C2)C1=O. The summed E-state index contributed by atoms with van der Waals surface area (Å²) in [5, 5.41) is 0. The van der Waals surface area contributed by atoms with Gasteiger partial charge in [-0.2, -0.15) is 13.2 Å². The van der Waals surface area contributed by atoms with Gasteiger partial charge in [-0.25, -0.2) is 9.59 Å². The molecule has 3 saturated carbocycles. The lowest BCUT2D eigenvalue weighted by atomic mass is 9.51. The topological polar surface area (TPSA) is 150 Å². The molecule has 5 rings (SSSR count). The molecule has 2 heterocycles. The second kappa shape index (κ2) is 9.65. The van der Waals surface area contributed by atoms with Gasteiger partial charge >= 0.3 is 18.2 Å². The quantitative estimate of drug-likeness (QED) is 0.294. The van der Waals surface area contributed by atoms with E-state index in [2.05, 4.69) is 0 Å². The van der Waals surface area contributed by atoms with Gasteiger partial charge in [0.15, 0.2) is 0 Å². The first-order chi connectivity index (χ1) is 18.7. The van der Waals surface area contributed by atoms with Crippen molar-refractivity contribution in [2.24, 2.45) is 22.8 Å². The minimum atomic E-state index is -4.47. The van der Waals surface area contributed by atoms with E-state index in [1.807, 2.05) is 0 Å². The third-order valence-electron chi connectivity index (χ3n) is 9.60. The van der Waals surface area contributed by atoms with Crippen LogP contribution < -0.4 is 11.5 Å². The molecule has 14 heteroatoms. The van der Waals surface area contributed by atoms with Gasteiger partial charge in [0, 0.05) is 26.2 Å². The standard InChI is InChI=1S/C26H35F3N6O5/c1-32-21(38)25(34(22(32)39)11-10-26(27,28)29)13-24(14-25)8-6-16(7-9-24)35-20(37)17(18(30)31)19(36)33(23(35)40)12-15-4-2-3-5-15/h15-16H,2-14,30-31H2,1H3. The maximum absolute atomic E-state index is 13.5. The molecule has 2 saturated heterocycles. The Morgan fingerprint density at radius 3 is 2.08 bits per heavy atom. The normalized spacial score (nSPS) is 31.9. The summed E-state index contributed by atoms with van der Waals surface area (Å²) in [5.74, 6) is -2.39. The van der Waals surface area contributed by atoms with E-state index in [1.54, 1.807) is 0 Å². The van der Waals surface area contributed by atoms with Gasteiger partial charge in [0.2, 0.25) is 0 Å². The summed E-state index contributed by atoms with van der Waals surface area (Å²) in [6, 6.07) is -1.94. The fourth-order valence-electron chi connectivity index (χ4n) is 7.62. The van der Waals surface area contributed by atoms with E-state index in [-0.39, 0.29) is 25.3 Å². The van der Waals surface area contributed by atoms with Gasteiger partial charge in [0.1, 0.15) is 16.9 Å². The predicted octanol–water partition coefficient (Wildman–Crippen LogP) is 2.40. The molecule has 2 aliphatic heterocycles. The molecule has 4 N–H and O–H groups in total. The van der Waals surface area contributed by atoms with Crippen molar-refractivity contribution in [3.05, 3.63) is 11.4 Å². The number of carbonyl (C=O) groups excluding carboxylic acids is 5. The van der Waals surface area contributed by atoms with E-state index in [1.165, 1.54) is 7.05 Å². The Balaban J connectivity index is 1.30. The van der Waals surface area contributed by atoms with Crippen LogP contribution >= 0.6 is 0 Å². The molecule has 3 aliphatic carbocycles. The van der Waals surface area contributed by atoms with Crippen molar-refractivity contribution in [2.45, 2.75) is 88.4 Å². The molecule has 220 valence electrons. The number of carbonyl (C=O) groups is 5. The number of halogens is 3. The first kappa shape index (κ1) is 28.2. The zero-order valence-corrected chi connectivity index (χ0v) is 22.5. The highest BCUT2D eigenvalue weighted by Crippen LogP contribution is 2.61. The molecule has 7 amide bonds. The highest BCUT2D eigenvalue weighted by Gasteiger charge is 2.68. The van der Waals surface area contributed by atoms with Crippen LogP contribution in [-0.4, -0.2) is 87.3 Å². The maximum atomic E-state index is 13.5. The van der Waals surface area contributed by atoms with E-state index in [0.29, 0.717) is 25.7 Å². The van der Waals surface area contributed by atoms with Gasteiger partial charge in [-0.3, -0.25) is 29.1 Å². The summed E-state index contributed by atoms with van der Waals surface area (Å²) < 4.78 is 38.8. The number of alkyl halides is 3. The van der Waals surface area contributed by atoms with Gasteiger partial charge in [-0.15, -0.1) is 0 Å². The monoisotopic (exact) mass is 568 g/mol. The molecule has 40 heavy (non-hydrogen) atoms. The molecular formula is C26H35F3N6O5. The van der Waals surface area contributed by atoms with Gasteiger partial charge in [-0.05, 0) is 62.7 Å². The van der Waals surface area contributed by atoms with Crippen LogP contribution in [-0.2, 0) is 14.4 Å². The Morgan fingerprint density at radius 2 is 1.52 bits per heavy atom. The summed E-state index contributed by atoms with van der Waals surface area (Å²) in [5.41, 5.74) is 9.31. The number of hydrogen-bond acceptors (Lipinski definition) is 7. The van der Waals surface area contributed by atoms with Crippen LogP contribution in [0.2, 0.25) is 0 Å². The number of nitrogens with two attached hydrogens (primary N) is 2. The molecule has 0 aromatic rings. The van der Waals surface area contributed by atoms with Crippen LogP contribution in [0, 0.1) is 11.3 Å². The van der Waals surface area contributed by atoms with Crippen molar-refractivity contribution in [3.63, 3.8) is 0 Å². The number of likely N-dealkylation sites (N-methyl/N-ethyl adjacent to an activating group) is 1. The van der Waals surface area contributed by atoms with Crippen LogP contribution in [0.4, 0.5) is 22.8 Å². The number of imide groups is 3. The third-order valence-corrected chi connectivity index (χ3v) is 9.60. The summed E-state index contributed by atoms with van der Waals surface area (Å²) in [6.07, 6.45) is 0.350. The minimum absolute atomic E-state index is 0.147. The van der Waals surface area contributed by atoms with Crippen LogP contribution in [0.5, 0.6) is 0 Å². The van der Waals surface area contributed by atoms with E-state index in [4.69, 9.17) is 11.5 Å². The molecule has 0 atom stereocenters. The predicted molar refractivity (Wildman–Crippen MR) is 134 cm³/mol. The molecule has 0 aromatic heterocycles. The van der Waals surface area contributed by atoms with Crippen molar-refractivity contribution < 1.29 is 37.1 Å². The Kier molecular flexibility index (Phi) is 6.81. The minimum Gasteiger partial charge on any atom is -0.385 e. The molecule has 0 radical (unpaired) electrons. The lowest BCUT2D eigenvalue weighted by Crippen LogP contribution is -2.66. The highest BCUT2D eigenvalue weighted by molar-refractivity contribution is 6.29. The molecule has 0 aromatic carbocycles. The van der Waals surface area contributed by atoms with Gasteiger partial charge < -0.3 is 16.4 Å². The Labute approximate surface area is 229 Å². The molecule has 0 bridgehead atoms. The van der Waals surface area contributed by atoms with Gasteiger partial charge in [0.25, 0.3) is 17.7 Å². The number of urea groups is 2. The first-order valence-electron chi connectivity index (χ1n) is 13.8. The third kappa shape index (κ3) is 4.48. The second-order valence-corrected chi connectivity index (χ2v) is 12.1. The summed E-state index contributed by atoms with van der Waals surface area (Å²) in [7, 11) is 1.28. The van der Waals surface area contributed by atoms with Crippen molar-refractivity contribution in [2.75, 3.05) is 20.1 Å². The Hall–Kier alpha value is -3.32. The molecular weight excluding hydrogens is 533 g/mol. The van der Waals surface area contributed by atoms with Crippen molar-refractivity contribution in [1.29, 1.82) is 0 Å². The molecule has 0 unspecified atom stereocenters. The van der Waals surface area contributed by atoms with Crippen LogP contribution in [0.25, 0.3) is 0 Å². The second-order valence-electron chi connectivity index (χ2n) is 12.1. The number of nitrogens with zero attached hydrogens (tertiary/aromatic N) is 4. The highest BCUT2D eigenvalue weighted by atomic mass is 19.4. The van der Waals surface area contributed by atoms with E-state index in [0.717, 1.165) is 45.3 Å². The number of hydrogen-bond donors (Lipinski definition) is 2. The average molecular weight is 569 g/mol. The zero-order chi connectivity index (χ0) is 29.2. The smallest absolute Gasteiger partial charge is 0.385 e. The van der Waals surface area contributed by atoms with E-state index >= 15 is 0 Å². The Bertz CT molecular complexity index is 1160. The Morgan fingerprint density at radius 1 is 0.925 bits per heavy atom. The maximum Gasteiger partial charge on any atom is 0.390 e. The van der Waals surface area contributed by atoms with E-state index in [9.17, 15) is 37.1 Å². The van der Waals surface area contributed by atoms with Crippen LogP contribution in [0.15, 0.2) is 11.4 Å². The lowest BCUT2D eigenvalue weighted by Gasteiger charge is -2.59. The van der Waals surface area contributed by atoms with Gasteiger partial charge in [0.05, 0.1) is 6.42 Å². The number of amides is 7. The fraction of sp³-hybridized carbons (Fsp3) is 0.731. The van der Waals surface area contributed by atoms with E-state index < -0.39 is 77.3 Å². The van der Waals surface area contributed by atoms with Crippen molar-refractivity contribution in [3.8, 4) is 0 Å². The first-order valence-corrected chi connectivity index (χ1v) is 13.8. The van der Waals surface area contributed by atoms with Crippen molar-refractivity contribution >= 4 is 29.8 Å². The van der Waals surface area contributed by atoms with Crippen LogP contribution in [0.3, 0.4) is 0 Å². The number of rotatable bonds is 5. The average Bonchev–Trinajstić information content (AvgIpc) is 3.43. The molecule has 5 aliphatic rings. The number of barbiturate groups is 1.